The first-order valence-electron chi connectivity index (χ1n) is 4.99. The molecule has 16 heavy (non-hydrogen) atoms. The molecule has 0 aromatic heterocycles. The monoisotopic (exact) mass is 220 g/mol. The summed E-state index contributed by atoms with van der Waals surface area (Å²) in [6.07, 6.45) is 0. The molecule has 0 unspecified atom stereocenters. The number of esters is 1. The van der Waals surface area contributed by atoms with Gasteiger partial charge in [-0.15, -0.1) is 0 Å². The van der Waals surface area contributed by atoms with Crippen molar-refractivity contribution in [1.29, 1.82) is 0 Å². The molecule has 1 N–H and O–H groups in total. The third kappa shape index (κ3) is 2.73. The first-order valence-corrected chi connectivity index (χ1v) is 4.99. The average molecular weight is 220 g/mol. The lowest BCUT2D eigenvalue weighted by molar-refractivity contribution is -0.131. The van der Waals surface area contributed by atoms with E-state index in [1.165, 1.54) is 6.92 Å². The van der Waals surface area contributed by atoms with Crippen LogP contribution in [0.2, 0.25) is 0 Å². The highest BCUT2D eigenvalue weighted by atomic mass is 16.5. The number of hydrogen-bond acceptors (Lipinski definition) is 3. The van der Waals surface area contributed by atoms with E-state index in [-0.39, 0.29) is 12.0 Å². The van der Waals surface area contributed by atoms with E-state index < -0.39 is 0 Å². The largest absolute Gasteiger partial charge is 0.427 e. The maximum atomic E-state index is 11.4. The summed E-state index contributed by atoms with van der Waals surface area (Å²) in [6, 6.07) is 6.57. The SMILES string of the molecule is CC(=O)Oc1ccc(NC(=O)N2CC2)cc1. The molecule has 0 spiro atoms. The molecule has 0 saturated carbocycles. The number of amides is 2. The van der Waals surface area contributed by atoms with Crippen LogP contribution in [-0.4, -0.2) is 30.0 Å². The topological polar surface area (TPSA) is 58.4 Å². The highest BCUT2D eigenvalue weighted by Crippen LogP contribution is 2.17. The van der Waals surface area contributed by atoms with Gasteiger partial charge in [0.2, 0.25) is 0 Å². The fourth-order valence-electron chi connectivity index (χ4n) is 1.23. The molecule has 1 aliphatic heterocycles. The van der Waals surface area contributed by atoms with Crippen molar-refractivity contribution in [1.82, 2.24) is 4.90 Å². The van der Waals surface area contributed by atoms with E-state index in [9.17, 15) is 9.59 Å². The third-order valence-corrected chi connectivity index (χ3v) is 2.10. The molecule has 1 aliphatic rings. The molecular weight excluding hydrogens is 208 g/mol. The van der Waals surface area contributed by atoms with Gasteiger partial charge in [-0.05, 0) is 24.3 Å². The summed E-state index contributed by atoms with van der Waals surface area (Å²) in [7, 11) is 0. The molecule has 1 aromatic carbocycles. The molecule has 0 aliphatic carbocycles. The van der Waals surface area contributed by atoms with Crippen LogP contribution in [0, 0.1) is 0 Å². The fraction of sp³-hybridized carbons (Fsp3) is 0.273. The van der Waals surface area contributed by atoms with Gasteiger partial charge < -0.3 is 15.0 Å². The van der Waals surface area contributed by atoms with Gasteiger partial charge >= 0.3 is 12.0 Å². The minimum Gasteiger partial charge on any atom is -0.427 e. The van der Waals surface area contributed by atoms with Crippen LogP contribution in [-0.2, 0) is 4.79 Å². The number of ether oxygens (including phenoxy) is 1. The van der Waals surface area contributed by atoms with Gasteiger partial charge in [0, 0.05) is 25.7 Å². The lowest BCUT2D eigenvalue weighted by Crippen LogP contribution is -2.18. The molecule has 2 amide bonds. The smallest absolute Gasteiger partial charge is 0.321 e. The Hall–Kier alpha value is -2.04. The molecule has 5 nitrogen and oxygen atoms in total. The van der Waals surface area contributed by atoms with Crippen LogP contribution in [0.1, 0.15) is 6.92 Å². The van der Waals surface area contributed by atoms with Crippen LogP contribution in [0.25, 0.3) is 0 Å². The van der Waals surface area contributed by atoms with Crippen LogP contribution in [0.15, 0.2) is 24.3 Å². The van der Waals surface area contributed by atoms with Gasteiger partial charge in [-0.25, -0.2) is 4.79 Å². The highest BCUT2D eigenvalue weighted by molar-refractivity contribution is 5.90. The van der Waals surface area contributed by atoms with E-state index in [4.69, 9.17) is 4.74 Å². The van der Waals surface area contributed by atoms with E-state index >= 15 is 0 Å². The minimum absolute atomic E-state index is 0.0970. The Balaban J connectivity index is 1.95. The second-order valence-electron chi connectivity index (χ2n) is 3.54. The summed E-state index contributed by atoms with van der Waals surface area (Å²) in [5.41, 5.74) is 0.688. The van der Waals surface area contributed by atoms with Crippen molar-refractivity contribution in [3.8, 4) is 5.75 Å². The number of rotatable bonds is 2. The van der Waals surface area contributed by atoms with Crippen LogP contribution in [0.3, 0.4) is 0 Å². The van der Waals surface area contributed by atoms with E-state index in [0.717, 1.165) is 13.1 Å². The van der Waals surface area contributed by atoms with Crippen LogP contribution < -0.4 is 10.1 Å². The minimum atomic E-state index is -0.360. The number of anilines is 1. The molecular formula is C11H12N2O3. The van der Waals surface area contributed by atoms with E-state index in [0.29, 0.717) is 11.4 Å². The van der Waals surface area contributed by atoms with Gasteiger partial charge in [-0.3, -0.25) is 4.79 Å². The Labute approximate surface area is 93.0 Å². The molecule has 0 radical (unpaired) electrons. The maximum Gasteiger partial charge on any atom is 0.321 e. The van der Waals surface area contributed by atoms with Gasteiger partial charge in [-0.2, -0.15) is 0 Å². The Morgan fingerprint density at radius 3 is 2.38 bits per heavy atom. The van der Waals surface area contributed by atoms with Crippen molar-refractivity contribution in [2.45, 2.75) is 6.92 Å². The van der Waals surface area contributed by atoms with Crippen LogP contribution in [0.5, 0.6) is 5.75 Å². The Bertz CT molecular complexity index is 410. The van der Waals surface area contributed by atoms with Crippen molar-refractivity contribution >= 4 is 17.7 Å². The Morgan fingerprint density at radius 1 is 1.25 bits per heavy atom. The zero-order valence-corrected chi connectivity index (χ0v) is 8.90. The van der Waals surface area contributed by atoms with Gasteiger partial charge in [0.05, 0.1) is 0 Å². The number of hydrogen-bond donors (Lipinski definition) is 1. The van der Waals surface area contributed by atoms with Crippen molar-refractivity contribution in [3.63, 3.8) is 0 Å². The van der Waals surface area contributed by atoms with Crippen LogP contribution >= 0.6 is 0 Å². The van der Waals surface area contributed by atoms with Gasteiger partial charge in [-0.1, -0.05) is 0 Å². The number of carbonyl (C=O) groups is 2. The lowest BCUT2D eigenvalue weighted by Gasteiger charge is -2.06. The number of carbonyl (C=O) groups excluding carboxylic acids is 2. The summed E-state index contributed by atoms with van der Waals surface area (Å²) in [5.74, 6) is 0.109. The second-order valence-corrected chi connectivity index (χ2v) is 3.54. The second kappa shape index (κ2) is 4.22. The van der Waals surface area contributed by atoms with Crippen molar-refractivity contribution in [2.24, 2.45) is 0 Å². The first kappa shape index (κ1) is 10.5. The summed E-state index contributed by atoms with van der Waals surface area (Å²) in [4.78, 5) is 23.7. The summed E-state index contributed by atoms with van der Waals surface area (Å²) in [6.45, 7) is 2.98. The zero-order chi connectivity index (χ0) is 11.5. The van der Waals surface area contributed by atoms with E-state index in [2.05, 4.69) is 5.32 Å². The fourth-order valence-corrected chi connectivity index (χ4v) is 1.23. The summed E-state index contributed by atoms with van der Waals surface area (Å²) in [5, 5.41) is 2.73. The van der Waals surface area contributed by atoms with Crippen LogP contribution in [0.4, 0.5) is 10.5 Å². The maximum absolute atomic E-state index is 11.4. The highest BCUT2D eigenvalue weighted by Gasteiger charge is 2.23. The molecule has 0 bridgehead atoms. The van der Waals surface area contributed by atoms with Crippen molar-refractivity contribution in [2.75, 3.05) is 18.4 Å². The first-order chi connectivity index (χ1) is 7.65. The zero-order valence-electron chi connectivity index (χ0n) is 8.90. The molecule has 1 saturated heterocycles. The van der Waals surface area contributed by atoms with Gasteiger partial charge in [0.1, 0.15) is 5.75 Å². The summed E-state index contributed by atoms with van der Waals surface area (Å²) >= 11 is 0. The Kier molecular flexibility index (Phi) is 2.76. The Morgan fingerprint density at radius 2 is 1.88 bits per heavy atom. The normalized spacial score (nSPS) is 13.2. The number of urea groups is 1. The predicted molar refractivity (Wildman–Crippen MR) is 58.3 cm³/mol. The standard InChI is InChI=1S/C11H12N2O3/c1-8(14)16-10-4-2-9(3-5-10)12-11(15)13-6-7-13/h2-5H,6-7H2,1H3,(H,12,15). The molecule has 84 valence electrons. The van der Waals surface area contributed by atoms with Gasteiger partial charge in [0.25, 0.3) is 0 Å². The molecule has 1 aromatic rings. The molecule has 5 heteroatoms. The third-order valence-electron chi connectivity index (χ3n) is 2.10. The number of nitrogens with one attached hydrogen (secondary N) is 1. The quantitative estimate of drug-likeness (QED) is 0.466. The predicted octanol–water partition coefficient (Wildman–Crippen LogP) is 1.46. The lowest BCUT2D eigenvalue weighted by atomic mass is 10.3. The average Bonchev–Trinajstić information content (AvgIpc) is 3.03. The number of nitrogens with zero attached hydrogens (tertiary/aromatic N) is 1. The summed E-state index contributed by atoms with van der Waals surface area (Å²) < 4.78 is 4.87. The van der Waals surface area contributed by atoms with Crippen molar-refractivity contribution < 1.29 is 14.3 Å². The molecule has 0 atom stereocenters. The van der Waals surface area contributed by atoms with Crippen molar-refractivity contribution in [3.05, 3.63) is 24.3 Å². The molecule has 1 fully saturated rings. The molecule has 2 rings (SSSR count). The number of benzene rings is 1. The van der Waals surface area contributed by atoms with E-state index in [1.54, 1.807) is 29.2 Å². The molecule has 1 heterocycles. The van der Waals surface area contributed by atoms with Gasteiger partial charge in [0.15, 0.2) is 0 Å². The van der Waals surface area contributed by atoms with E-state index in [1.807, 2.05) is 0 Å².